The lowest BCUT2D eigenvalue weighted by molar-refractivity contribution is 0.510. The maximum Gasteiger partial charge on any atom is 0.167 e. The predicted molar refractivity (Wildman–Crippen MR) is 88.8 cm³/mol. The Hall–Kier alpha value is -1.34. The minimum Gasteiger partial charge on any atom is -0.244 e. The third-order valence-corrected chi connectivity index (χ3v) is 5.87. The molecule has 0 N–H and O–H groups in total. The molecule has 0 fully saturated rings. The quantitative estimate of drug-likeness (QED) is 0.347. The van der Waals surface area contributed by atoms with Gasteiger partial charge in [0.2, 0.25) is 0 Å². The van der Waals surface area contributed by atoms with Crippen molar-refractivity contribution in [1.82, 2.24) is 4.98 Å². The Morgan fingerprint density at radius 1 is 1.05 bits per heavy atom. The van der Waals surface area contributed by atoms with E-state index in [0.717, 1.165) is 22.4 Å². The van der Waals surface area contributed by atoms with Crippen molar-refractivity contribution in [3.63, 3.8) is 0 Å². The predicted octanol–water partition coefficient (Wildman–Crippen LogP) is 5.59. The Balaban J connectivity index is 2.17. The van der Waals surface area contributed by atoms with Crippen LogP contribution in [0.15, 0.2) is 41.9 Å². The first kappa shape index (κ1) is 13.3. The molecule has 0 spiro atoms. The molecule has 2 aromatic carbocycles. The number of thiazole rings is 1. The third kappa shape index (κ3) is 1.87. The Bertz CT molecular complexity index is 859. The lowest BCUT2D eigenvalue weighted by atomic mass is 9.99. The molecule has 1 heterocycles. The van der Waals surface area contributed by atoms with Crippen LogP contribution in [0.2, 0.25) is 0 Å². The molecule has 5 heteroatoms. The minimum absolute atomic E-state index is 0.0368. The highest BCUT2D eigenvalue weighted by atomic mass is 127. The van der Waals surface area contributed by atoms with Crippen molar-refractivity contribution in [1.29, 1.82) is 0 Å². The molecule has 1 aromatic heterocycles. The molecule has 0 amide bonds. The highest BCUT2D eigenvalue weighted by molar-refractivity contribution is 14.1. The summed E-state index contributed by atoms with van der Waals surface area (Å²) in [5, 5.41) is 0. The van der Waals surface area contributed by atoms with E-state index in [-0.39, 0.29) is 3.92 Å². The van der Waals surface area contributed by atoms with E-state index in [1.54, 1.807) is 11.6 Å². The number of hydrogen-bond donors (Lipinski definition) is 0. The first-order chi connectivity index (χ1) is 10.2. The summed E-state index contributed by atoms with van der Waals surface area (Å²) in [6.45, 7) is 0. The van der Waals surface area contributed by atoms with Crippen LogP contribution in [-0.2, 0) is 0 Å². The summed E-state index contributed by atoms with van der Waals surface area (Å²) in [7, 11) is 0. The van der Waals surface area contributed by atoms with E-state index in [4.69, 9.17) is 0 Å². The van der Waals surface area contributed by atoms with Crippen molar-refractivity contribution < 1.29 is 8.78 Å². The van der Waals surface area contributed by atoms with Gasteiger partial charge in [0.15, 0.2) is 11.6 Å². The molecule has 1 aliphatic rings. The van der Waals surface area contributed by atoms with Gasteiger partial charge in [-0.3, -0.25) is 0 Å². The summed E-state index contributed by atoms with van der Waals surface area (Å²) >= 11 is 3.63. The molecule has 0 aliphatic heterocycles. The van der Waals surface area contributed by atoms with Gasteiger partial charge in [0.05, 0.1) is 20.0 Å². The number of benzene rings is 2. The van der Waals surface area contributed by atoms with Crippen LogP contribution in [0.4, 0.5) is 8.78 Å². The van der Waals surface area contributed by atoms with Gasteiger partial charge >= 0.3 is 0 Å². The average molecular weight is 411 g/mol. The Morgan fingerprint density at radius 2 is 1.86 bits per heavy atom. The zero-order chi connectivity index (χ0) is 14.6. The summed E-state index contributed by atoms with van der Waals surface area (Å²) in [6, 6.07) is 10.8. The van der Waals surface area contributed by atoms with Gasteiger partial charge in [0.1, 0.15) is 0 Å². The molecule has 1 nitrogen and oxygen atoms in total. The lowest BCUT2D eigenvalue weighted by Gasteiger charge is -2.14. The largest absolute Gasteiger partial charge is 0.244 e. The van der Waals surface area contributed by atoms with Gasteiger partial charge in [0.25, 0.3) is 0 Å². The van der Waals surface area contributed by atoms with Gasteiger partial charge in [-0.2, -0.15) is 0 Å². The lowest BCUT2D eigenvalue weighted by Crippen LogP contribution is -1.98. The molecule has 104 valence electrons. The monoisotopic (exact) mass is 411 g/mol. The Kier molecular flexibility index (Phi) is 3.08. The zero-order valence-electron chi connectivity index (χ0n) is 10.6. The van der Waals surface area contributed by atoms with E-state index in [2.05, 4.69) is 27.6 Å². The van der Waals surface area contributed by atoms with Crippen molar-refractivity contribution in [3.05, 3.63) is 64.7 Å². The van der Waals surface area contributed by atoms with E-state index in [1.165, 1.54) is 17.4 Å². The first-order valence-electron chi connectivity index (χ1n) is 6.33. The highest BCUT2D eigenvalue weighted by Gasteiger charge is 2.30. The number of aromatic nitrogens is 1. The third-order valence-electron chi connectivity index (χ3n) is 3.68. The summed E-state index contributed by atoms with van der Waals surface area (Å²) in [6.07, 6.45) is 0. The SMILES string of the molecule is Fc1ccc2c(c1F)-c1scnc1-c1ccccc1C2I. The number of fused-ring (bicyclic) bond motifs is 5. The van der Waals surface area contributed by atoms with Crippen molar-refractivity contribution in [2.45, 2.75) is 3.92 Å². The van der Waals surface area contributed by atoms with Crippen LogP contribution in [0.1, 0.15) is 15.1 Å². The van der Waals surface area contributed by atoms with Gasteiger partial charge in [-0.1, -0.05) is 52.9 Å². The molecular weight excluding hydrogens is 403 g/mol. The van der Waals surface area contributed by atoms with Crippen molar-refractivity contribution in [2.75, 3.05) is 0 Å². The van der Waals surface area contributed by atoms with Crippen LogP contribution in [0.25, 0.3) is 21.7 Å². The highest BCUT2D eigenvalue weighted by Crippen LogP contribution is 2.50. The van der Waals surface area contributed by atoms with Gasteiger partial charge in [-0.05, 0) is 17.2 Å². The Labute approximate surface area is 137 Å². The molecule has 1 atom stereocenters. The molecule has 0 bridgehead atoms. The fourth-order valence-electron chi connectivity index (χ4n) is 2.72. The smallest absolute Gasteiger partial charge is 0.167 e. The maximum absolute atomic E-state index is 14.4. The number of rotatable bonds is 0. The van der Waals surface area contributed by atoms with Gasteiger partial charge in [0, 0.05) is 11.1 Å². The van der Waals surface area contributed by atoms with Crippen molar-refractivity contribution in [2.24, 2.45) is 0 Å². The maximum atomic E-state index is 14.4. The number of alkyl halides is 1. The van der Waals surface area contributed by atoms with Gasteiger partial charge in [-0.25, -0.2) is 13.8 Å². The zero-order valence-corrected chi connectivity index (χ0v) is 13.6. The van der Waals surface area contributed by atoms with Gasteiger partial charge in [-0.15, -0.1) is 11.3 Å². The fourth-order valence-corrected chi connectivity index (χ4v) is 4.65. The molecule has 4 rings (SSSR count). The molecule has 1 aliphatic carbocycles. The standard InChI is InChI=1S/C16H8F2INS/c17-11-6-5-10-12(13(11)18)16-15(20-7-21-16)9-4-2-1-3-8(9)14(10)19/h1-7,14H. The molecule has 0 radical (unpaired) electrons. The second-order valence-corrected chi connectivity index (χ2v) is 6.91. The fraction of sp³-hybridized carbons (Fsp3) is 0.0625. The molecule has 21 heavy (non-hydrogen) atoms. The number of halogens is 3. The summed E-state index contributed by atoms with van der Waals surface area (Å²) in [5.41, 5.74) is 5.64. The van der Waals surface area contributed by atoms with E-state index < -0.39 is 11.6 Å². The summed E-state index contributed by atoms with van der Waals surface area (Å²) in [4.78, 5) is 5.09. The molecular formula is C16H8F2INS. The average Bonchev–Trinajstić information content (AvgIpc) is 2.94. The normalized spacial score (nSPS) is 15.9. The van der Waals surface area contributed by atoms with Crippen LogP contribution < -0.4 is 0 Å². The van der Waals surface area contributed by atoms with Crippen LogP contribution in [-0.4, -0.2) is 4.98 Å². The second-order valence-electron chi connectivity index (χ2n) is 4.81. The summed E-state index contributed by atoms with van der Waals surface area (Å²) in [5.74, 6) is -1.60. The van der Waals surface area contributed by atoms with Crippen LogP contribution in [0, 0.1) is 11.6 Å². The number of nitrogens with zero attached hydrogens (tertiary/aromatic N) is 1. The first-order valence-corrected chi connectivity index (χ1v) is 8.46. The summed E-state index contributed by atoms with van der Waals surface area (Å²) < 4.78 is 28.1. The molecule has 0 saturated carbocycles. The Morgan fingerprint density at radius 3 is 2.71 bits per heavy atom. The van der Waals surface area contributed by atoms with E-state index in [1.807, 2.05) is 24.3 Å². The second kappa shape index (κ2) is 4.84. The van der Waals surface area contributed by atoms with E-state index in [9.17, 15) is 8.78 Å². The van der Waals surface area contributed by atoms with Crippen molar-refractivity contribution in [3.8, 4) is 21.7 Å². The number of hydrogen-bond acceptors (Lipinski definition) is 2. The van der Waals surface area contributed by atoms with Gasteiger partial charge < -0.3 is 0 Å². The van der Waals surface area contributed by atoms with Crippen molar-refractivity contribution >= 4 is 33.9 Å². The van der Waals surface area contributed by atoms with Crippen LogP contribution in [0.5, 0.6) is 0 Å². The molecule has 3 aromatic rings. The van der Waals surface area contributed by atoms with E-state index >= 15 is 0 Å². The molecule has 0 saturated heterocycles. The van der Waals surface area contributed by atoms with Crippen LogP contribution in [0.3, 0.4) is 0 Å². The van der Waals surface area contributed by atoms with Crippen LogP contribution >= 0.6 is 33.9 Å². The topological polar surface area (TPSA) is 12.9 Å². The molecule has 1 unspecified atom stereocenters. The minimum atomic E-state index is -0.817. The van der Waals surface area contributed by atoms with E-state index in [0.29, 0.717) is 10.4 Å².